The maximum absolute atomic E-state index is 12.7. The van der Waals surface area contributed by atoms with E-state index in [1.54, 1.807) is 0 Å². The monoisotopic (exact) mass is 369 g/mol. The van der Waals surface area contributed by atoms with Crippen molar-refractivity contribution in [1.29, 1.82) is 0 Å². The van der Waals surface area contributed by atoms with Crippen LogP contribution in [0.25, 0.3) is 0 Å². The lowest BCUT2D eigenvalue weighted by Crippen LogP contribution is -2.36. The molecule has 0 aromatic rings. The van der Waals surface area contributed by atoms with E-state index < -0.39 is 0 Å². The fraction of sp³-hybridized carbons (Fsp3) is 0.957. The molecular weight excluding hydrogens is 322 g/mol. The molecule has 1 atom stereocenters. The second-order valence-electron chi connectivity index (χ2n) is 8.34. The van der Waals surface area contributed by atoms with Crippen LogP contribution in [0.3, 0.4) is 0 Å². The summed E-state index contributed by atoms with van der Waals surface area (Å²) in [6, 6.07) is 0. The van der Waals surface area contributed by atoms with Crippen molar-refractivity contribution in [3.8, 4) is 0 Å². The van der Waals surface area contributed by atoms with Crippen LogP contribution in [0.5, 0.6) is 0 Å². The van der Waals surface area contributed by atoms with Crippen LogP contribution in [0, 0.1) is 5.92 Å². The van der Waals surface area contributed by atoms with E-state index >= 15 is 0 Å². The number of hydrogen-bond donors (Lipinski definition) is 1. The van der Waals surface area contributed by atoms with Gasteiger partial charge >= 0.3 is 0 Å². The molecule has 0 bridgehead atoms. The van der Waals surface area contributed by atoms with Gasteiger partial charge in [-0.25, -0.2) is 0 Å². The Bertz CT molecular complexity index is 328. The number of unbranched alkanes of at least 4 members (excludes halogenated alkanes) is 8. The number of nitrogens with one attached hydrogen (secondary N) is 1. The van der Waals surface area contributed by atoms with E-state index in [2.05, 4.69) is 33.0 Å². The third-order valence-corrected chi connectivity index (χ3v) is 5.24. The molecular formula is C23H47NO2. The first-order valence-electron chi connectivity index (χ1n) is 11.4. The number of hydrogen-bond acceptors (Lipinski definition) is 2. The third-order valence-electron chi connectivity index (χ3n) is 5.24. The average Bonchev–Trinajstić information content (AvgIpc) is 2.59. The van der Waals surface area contributed by atoms with Crippen molar-refractivity contribution in [2.75, 3.05) is 13.2 Å². The topological polar surface area (TPSA) is 38.3 Å². The quantitative estimate of drug-likeness (QED) is 0.275. The molecule has 1 amide bonds. The number of carbonyl (C=O) groups excluding carboxylic acids is 1. The number of rotatable bonds is 18. The molecule has 156 valence electrons. The van der Waals surface area contributed by atoms with Crippen LogP contribution in [-0.4, -0.2) is 24.7 Å². The van der Waals surface area contributed by atoms with Gasteiger partial charge in [-0.15, -0.1) is 0 Å². The molecule has 0 aliphatic heterocycles. The van der Waals surface area contributed by atoms with Crippen LogP contribution in [0.1, 0.15) is 118 Å². The molecule has 3 nitrogen and oxygen atoms in total. The SMILES string of the molecule is CCCCCCCCC(CCCCCC)C(=O)NCCC(C)(C)OCC. The summed E-state index contributed by atoms with van der Waals surface area (Å²) in [5.74, 6) is 0.468. The Morgan fingerprint density at radius 3 is 1.88 bits per heavy atom. The predicted octanol–water partition coefficient (Wildman–Crippen LogP) is 6.65. The highest BCUT2D eigenvalue weighted by atomic mass is 16.5. The van der Waals surface area contributed by atoms with E-state index in [0.717, 1.165) is 25.9 Å². The Morgan fingerprint density at radius 2 is 1.35 bits per heavy atom. The fourth-order valence-corrected chi connectivity index (χ4v) is 3.49. The van der Waals surface area contributed by atoms with Crippen LogP contribution in [-0.2, 0) is 9.53 Å². The van der Waals surface area contributed by atoms with Crippen molar-refractivity contribution >= 4 is 5.91 Å². The molecule has 1 unspecified atom stereocenters. The van der Waals surface area contributed by atoms with Crippen molar-refractivity contribution in [3.63, 3.8) is 0 Å². The van der Waals surface area contributed by atoms with Crippen molar-refractivity contribution in [1.82, 2.24) is 5.32 Å². The number of ether oxygens (including phenoxy) is 1. The van der Waals surface area contributed by atoms with Crippen LogP contribution >= 0.6 is 0 Å². The molecule has 0 radical (unpaired) electrons. The molecule has 0 rings (SSSR count). The molecule has 0 heterocycles. The molecule has 0 spiro atoms. The number of carbonyl (C=O) groups is 1. The summed E-state index contributed by atoms with van der Waals surface area (Å²) in [5.41, 5.74) is -0.155. The fourth-order valence-electron chi connectivity index (χ4n) is 3.49. The standard InChI is InChI=1S/C23H47NO2/c1-6-9-11-13-14-16-18-21(17-15-12-10-7-2)22(25)24-20-19-23(4,5)26-8-3/h21H,6-20H2,1-5H3,(H,24,25). The van der Waals surface area contributed by atoms with Crippen molar-refractivity contribution < 1.29 is 9.53 Å². The van der Waals surface area contributed by atoms with Gasteiger partial charge in [-0.2, -0.15) is 0 Å². The molecule has 0 saturated heterocycles. The van der Waals surface area contributed by atoms with Gasteiger partial charge in [0.15, 0.2) is 0 Å². The second kappa shape index (κ2) is 16.6. The molecule has 0 saturated carbocycles. The highest BCUT2D eigenvalue weighted by Gasteiger charge is 2.20. The van der Waals surface area contributed by atoms with E-state index in [9.17, 15) is 4.79 Å². The zero-order chi connectivity index (χ0) is 19.7. The second-order valence-corrected chi connectivity index (χ2v) is 8.34. The lowest BCUT2D eigenvalue weighted by Gasteiger charge is -2.25. The van der Waals surface area contributed by atoms with Gasteiger partial charge in [0.1, 0.15) is 0 Å². The Morgan fingerprint density at radius 1 is 0.846 bits per heavy atom. The maximum Gasteiger partial charge on any atom is 0.223 e. The lowest BCUT2D eigenvalue weighted by molar-refractivity contribution is -0.125. The van der Waals surface area contributed by atoms with Crippen molar-refractivity contribution in [3.05, 3.63) is 0 Å². The van der Waals surface area contributed by atoms with Crippen molar-refractivity contribution in [2.45, 2.75) is 124 Å². The van der Waals surface area contributed by atoms with Gasteiger partial charge < -0.3 is 10.1 Å². The smallest absolute Gasteiger partial charge is 0.223 e. The Hall–Kier alpha value is -0.570. The molecule has 0 aliphatic carbocycles. The van der Waals surface area contributed by atoms with E-state index in [-0.39, 0.29) is 17.4 Å². The normalized spacial score (nSPS) is 13.0. The van der Waals surface area contributed by atoms with Crippen LogP contribution in [0.4, 0.5) is 0 Å². The summed E-state index contributed by atoms with van der Waals surface area (Å²) >= 11 is 0. The molecule has 0 fully saturated rings. The minimum Gasteiger partial charge on any atom is -0.376 e. The summed E-state index contributed by atoms with van der Waals surface area (Å²) in [7, 11) is 0. The first-order chi connectivity index (χ1) is 12.5. The van der Waals surface area contributed by atoms with Gasteiger partial charge in [0, 0.05) is 19.1 Å². The van der Waals surface area contributed by atoms with Crippen LogP contribution in [0.2, 0.25) is 0 Å². The van der Waals surface area contributed by atoms with E-state index in [1.807, 2.05) is 6.92 Å². The van der Waals surface area contributed by atoms with Crippen LogP contribution < -0.4 is 5.32 Å². The molecule has 3 heteroatoms. The largest absolute Gasteiger partial charge is 0.376 e. The van der Waals surface area contributed by atoms with Gasteiger partial charge in [0.05, 0.1) is 5.60 Å². The van der Waals surface area contributed by atoms with Gasteiger partial charge in [0.25, 0.3) is 0 Å². The minimum absolute atomic E-state index is 0.155. The summed E-state index contributed by atoms with van der Waals surface area (Å²) in [5, 5.41) is 3.18. The average molecular weight is 370 g/mol. The Balaban J connectivity index is 4.22. The van der Waals surface area contributed by atoms with Gasteiger partial charge in [0.2, 0.25) is 5.91 Å². The van der Waals surface area contributed by atoms with E-state index in [1.165, 1.54) is 64.2 Å². The molecule has 0 aromatic carbocycles. The zero-order valence-corrected chi connectivity index (χ0v) is 18.5. The van der Waals surface area contributed by atoms with Crippen LogP contribution in [0.15, 0.2) is 0 Å². The first-order valence-corrected chi connectivity index (χ1v) is 11.4. The van der Waals surface area contributed by atoms with E-state index in [4.69, 9.17) is 4.74 Å². The molecule has 0 aromatic heterocycles. The first kappa shape index (κ1) is 25.4. The number of amides is 1. The lowest BCUT2D eigenvalue weighted by atomic mass is 9.93. The van der Waals surface area contributed by atoms with E-state index in [0.29, 0.717) is 6.54 Å². The Kier molecular flexibility index (Phi) is 16.2. The maximum atomic E-state index is 12.7. The zero-order valence-electron chi connectivity index (χ0n) is 18.5. The summed E-state index contributed by atoms with van der Waals surface area (Å²) in [6.45, 7) is 12.1. The Labute approximate surface area is 164 Å². The van der Waals surface area contributed by atoms with Gasteiger partial charge in [-0.05, 0) is 40.0 Å². The summed E-state index contributed by atoms with van der Waals surface area (Å²) in [6.07, 6.45) is 15.7. The summed E-state index contributed by atoms with van der Waals surface area (Å²) in [4.78, 5) is 12.7. The predicted molar refractivity (Wildman–Crippen MR) is 114 cm³/mol. The summed E-state index contributed by atoms with van der Waals surface area (Å²) < 4.78 is 5.72. The van der Waals surface area contributed by atoms with Gasteiger partial charge in [-0.3, -0.25) is 4.79 Å². The minimum atomic E-state index is -0.155. The van der Waals surface area contributed by atoms with Crippen molar-refractivity contribution in [2.24, 2.45) is 5.92 Å². The van der Waals surface area contributed by atoms with Gasteiger partial charge in [-0.1, -0.05) is 78.1 Å². The molecule has 1 N–H and O–H groups in total. The molecule has 0 aliphatic rings. The highest BCUT2D eigenvalue weighted by Crippen LogP contribution is 2.20. The molecule has 26 heavy (non-hydrogen) atoms. The third kappa shape index (κ3) is 14.6. The highest BCUT2D eigenvalue weighted by molar-refractivity contribution is 5.78.